The number of rotatable bonds is 3. The first-order valence-electron chi connectivity index (χ1n) is 14.9. The molecule has 0 atom stereocenters. The van der Waals surface area contributed by atoms with Gasteiger partial charge in [-0.05, 0) is 69.0 Å². The maximum absolute atomic E-state index is 6.46. The summed E-state index contributed by atoms with van der Waals surface area (Å²) in [5.74, 6) is 0. The minimum atomic E-state index is 0. The number of pyridine rings is 2. The maximum atomic E-state index is 6.46. The summed E-state index contributed by atoms with van der Waals surface area (Å²) in [7, 11) is 0. The molecule has 4 heteroatoms. The van der Waals surface area contributed by atoms with Crippen molar-refractivity contribution in [2.24, 2.45) is 5.41 Å². The van der Waals surface area contributed by atoms with Crippen LogP contribution in [0.1, 0.15) is 26.3 Å². The van der Waals surface area contributed by atoms with E-state index in [2.05, 4.69) is 110 Å². The molecule has 0 N–H and O–H groups in total. The van der Waals surface area contributed by atoms with Crippen LogP contribution in [0.3, 0.4) is 0 Å². The summed E-state index contributed by atoms with van der Waals surface area (Å²) in [4.78, 5) is 8.88. The smallest absolute Gasteiger partial charge is 0.121 e. The normalized spacial score (nSPS) is 11.4. The van der Waals surface area contributed by atoms with Crippen LogP contribution in [-0.2, 0) is 26.5 Å². The van der Waals surface area contributed by atoms with E-state index in [1.165, 1.54) is 27.1 Å². The molecule has 3 aromatic heterocycles. The average Bonchev–Trinajstić information content (AvgIpc) is 3.42. The van der Waals surface area contributed by atoms with Crippen molar-refractivity contribution in [3.8, 4) is 22.5 Å². The average molecular weight is 761 g/mol. The predicted octanol–water partition coefficient (Wildman–Crippen LogP) is 10.9. The van der Waals surface area contributed by atoms with E-state index in [1.807, 2.05) is 54.7 Å². The van der Waals surface area contributed by atoms with Crippen molar-refractivity contribution >= 4 is 43.5 Å². The Bertz CT molecular complexity index is 2200. The van der Waals surface area contributed by atoms with Gasteiger partial charge in [0, 0.05) is 37.9 Å². The number of nitrogens with zero attached hydrogens (tertiary/aromatic N) is 2. The van der Waals surface area contributed by atoms with Gasteiger partial charge >= 0.3 is 0 Å². The zero-order chi connectivity index (χ0) is 30.1. The van der Waals surface area contributed by atoms with Crippen molar-refractivity contribution in [3.63, 3.8) is 0 Å². The van der Waals surface area contributed by atoms with Gasteiger partial charge in [-0.2, -0.15) is 0 Å². The first kappa shape index (κ1) is 30.4. The number of aromatic nitrogens is 2. The van der Waals surface area contributed by atoms with Crippen LogP contribution >= 0.6 is 0 Å². The molecule has 0 saturated heterocycles. The van der Waals surface area contributed by atoms with Gasteiger partial charge < -0.3 is 14.4 Å². The Kier molecular flexibility index (Phi) is 8.63. The molecule has 3 heterocycles. The summed E-state index contributed by atoms with van der Waals surface area (Å²) in [6, 6.07) is 45.9. The summed E-state index contributed by atoms with van der Waals surface area (Å²) >= 11 is 0. The summed E-state index contributed by atoms with van der Waals surface area (Å²) in [6.45, 7) is 6.77. The van der Waals surface area contributed by atoms with Crippen LogP contribution in [0.15, 0.2) is 132 Å². The topological polar surface area (TPSA) is 38.9 Å². The van der Waals surface area contributed by atoms with E-state index >= 15 is 0 Å². The second kappa shape index (κ2) is 12.8. The standard InChI is InChI=1S/C30H24NO.C11H8N.Ir/c1-30(2,3)18-19-13-14-31-27(15-19)24-10-6-9-23-26-16-21-12-11-20-7-4-5-8-22(20)25(21)17-28(26)32-29(23)24;1-2-6-10(7-3-1)11-8-4-5-9-12-11;/h4-9,11-17H,18H2,1-3H3;1-6,8-9H;/q2*-1;. The fraction of sp³-hybridized carbons (Fsp3) is 0.122. The zero-order valence-electron chi connectivity index (χ0n) is 25.5. The van der Waals surface area contributed by atoms with Crippen LogP contribution in [0, 0.1) is 17.5 Å². The Balaban J connectivity index is 0.000000231. The minimum Gasteiger partial charge on any atom is -0.501 e. The van der Waals surface area contributed by atoms with Crippen LogP contribution in [0.25, 0.3) is 66.0 Å². The van der Waals surface area contributed by atoms with E-state index in [1.54, 1.807) is 6.20 Å². The quantitative estimate of drug-likeness (QED) is 0.133. The molecule has 1 radical (unpaired) electrons. The molecule has 0 aliphatic heterocycles. The second-order valence-corrected chi connectivity index (χ2v) is 12.3. The van der Waals surface area contributed by atoms with E-state index in [-0.39, 0.29) is 25.5 Å². The van der Waals surface area contributed by atoms with Crippen LogP contribution in [0.4, 0.5) is 0 Å². The van der Waals surface area contributed by atoms with E-state index in [9.17, 15) is 0 Å². The number of benzene rings is 5. The molecule has 0 amide bonds. The molecular weight excluding hydrogens is 729 g/mol. The first-order chi connectivity index (χ1) is 21.4. The Hall–Kier alpha value is -4.63. The molecule has 8 rings (SSSR count). The fourth-order valence-corrected chi connectivity index (χ4v) is 5.84. The molecule has 223 valence electrons. The van der Waals surface area contributed by atoms with E-state index in [0.717, 1.165) is 50.9 Å². The van der Waals surface area contributed by atoms with E-state index < -0.39 is 0 Å². The fourth-order valence-electron chi connectivity index (χ4n) is 5.84. The molecule has 0 aliphatic carbocycles. The molecule has 0 unspecified atom stereocenters. The van der Waals surface area contributed by atoms with Gasteiger partial charge in [0.05, 0.1) is 5.58 Å². The molecule has 0 spiro atoms. The van der Waals surface area contributed by atoms with Gasteiger partial charge in [0.1, 0.15) is 5.58 Å². The zero-order valence-corrected chi connectivity index (χ0v) is 27.9. The maximum Gasteiger partial charge on any atom is 0.121 e. The van der Waals surface area contributed by atoms with Crippen LogP contribution < -0.4 is 0 Å². The SMILES string of the molecule is CC(C)(C)Cc1ccnc(-c2[c-]ccc3c2oc2cc4c(ccc5ccccc54)cc23)c1.[Ir].[c-]1ccccc1-c1ccccn1. The van der Waals surface area contributed by atoms with Crippen LogP contribution in [0.2, 0.25) is 0 Å². The summed E-state index contributed by atoms with van der Waals surface area (Å²) in [5.41, 5.74) is 7.08. The molecule has 0 saturated carbocycles. The van der Waals surface area contributed by atoms with Crippen LogP contribution in [0.5, 0.6) is 0 Å². The Morgan fingerprint density at radius 1 is 0.622 bits per heavy atom. The molecule has 8 aromatic rings. The second-order valence-electron chi connectivity index (χ2n) is 12.3. The number of furan rings is 1. The van der Waals surface area contributed by atoms with Gasteiger partial charge in [-0.25, -0.2) is 0 Å². The Labute approximate surface area is 277 Å². The van der Waals surface area contributed by atoms with Crippen molar-refractivity contribution in [1.29, 1.82) is 0 Å². The van der Waals surface area contributed by atoms with Crippen molar-refractivity contribution in [2.75, 3.05) is 0 Å². The monoisotopic (exact) mass is 761 g/mol. The summed E-state index contributed by atoms with van der Waals surface area (Å²) in [6.07, 6.45) is 4.68. The van der Waals surface area contributed by atoms with Crippen molar-refractivity contribution < 1.29 is 24.5 Å². The third-order valence-electron chi connectivity index (χ3n) is 7.76. The van der Waals surface area contributed by atoms with Crippen molar-refractivity contribution in [3.05, 3.63) is 145 Å². The summed E-state index contributed by atoms with van der Waals surface area (Å²) < 4.78 is 6.46. The predicted molar refractivity (Wildman–Crippen MR) is 182 cm³/mol. The van der Waals surface area contributed by atoms with Crippen molar-refractivity contribution in [2.45, 2.75) is 27.2 Å². The van der Waals surface area contributed by atoms with Gasteiger partial charge in [0.25, 0.3) is 0 Å². The first-order valence-corrected chi connectivity index (χ1v) is 14.9. The van der Waals surface area contributed by atoms with Gasteiger partial charge in [0.2, 0.25) is 0 Å². The molecule has 5 aromatic carbocycles. The third-order valence-corrected chi connectivity index (χ3v) is 7.76. The third kappa shape index (κ3) is 6.44. The Morgan fingerprint density at radius 2 is 1.42 bits per heavy atom. The molecule has 45 heavy (non-hydrogen) atoms. The van der Waals surface area contributed by atoms with Gasteiger partial charge in [0.15, 0.2) is 0 Å². The largest absolute Gasteiger partial charge is 0.501 e. The van der Waals surface area contributed by atoms with Gasteiger partial charge in [-0.3, -0.25) is 0 Å². The van der Waals surface area contributed by atoms with Gasteiger partial charge in [-0.1, -0.05) is 91.9 Å². The molecule has 0 fully saturated rings. The number of fused-ring (bicyclic) bond motifs is 6. The number of hydrogen-bond donors (Lipinski definition) is 0. The van der Waals surface area contributed by atoms with E-state index in [4.69, 9.17) is 4.42 Å². The molecular formula is C41H32IrN2O-2. The van der Waals surface area contributed by atoms with E-state index in [0.29, 0.717) is 0 Å². The van der Waals surface area contributed by atoms with Crippen LogP contribution in [-0.4, -0.2) is 9.97 Å². The number of hydrogen-bond acceptors (Lipinski definition) is 3. The molecule has 0 bridgehead atoms. The minimum absolute atomic E-state index is 0. The molecule has 3 nitrogen and oxygen atoms in total. The summed E-state index contributed by atoms with van der Waals surface area (Å²) in [5, 5.41) is 7.15. The molecule has 0 aliphatic rings. The Morgan fingerprint density at radius 3 is 2.22 bits per heavy atom. The van der Waals surface area contributed by atoms with Gasteiger partial charge in [-0.15, -0.1) is 54.1 Å². The van der Waals surface area contributed by atoms with Crippen molar-refractivity contribution in [1.82, 2.24) is 9.97 Å².